The molecule has 1 aliphatic carbocycles. The van der Waals surface area contributed by atoms with Crippen LogP contribution < -0.4 is 5.32 Å². The van der Waals surface area contributed by atoms with Crippen LogP contribution in [-0.4, -0.2) is 34.1 Å². The lowest BCUT2D eigenvalue weighted by Crippen LogP contribution is -2.45. The summed E-state index contributed by atoms with van der Waals surface area (Å²) in [6.45, 7) is 2.96. The van der Waals surface area contributed by atoms with Gasteiger partial charge in [0.25, 0.3) is 0 Å². The number of hydrogen-bond donors (Lipinski definition) is 1. The molecule has 2 aliphatic rings. The van der Waals surface area contributed by atoms with Crippen molar-refractivity contribution >= 4 is 40.7 Å². The van der Waals surface area contributed by atoms with E-state index in [1.807, 2.05) is 37.3 Å². The van der Waals surface area contributed by atoms with Crippen LogP contribution in [0.4, 0.5) is 5.69 Å². The number of amides is 2. The van der Waals surface area contributed by atoms with E-state index < -0.39 is 9.75 Å². The fourth-order valence-electron chi connectivity index (χ4n) is 3.09. The van der Waals surface area contributed by atoms with Crippen molar-refractivity contribution in [3.05, 3.63) is 30.3 Å². The van der Waals surface area contributed by atoms with Gasteiger partial charge in [-0.2, -0.15) is 0 Å². The van der Waals surface area contributed by atoms with Crippen LogP contribution in [0.2, 0.25) is 0 Å². The minimum absolute atomic E-state index is 0.00409. The molecule has 1 aromatic rings. The maximum atomic E-state index is 12.5. The molecule has 1 aliphatic heterocycles. The maximum absolute atomic E-state index is 12.5. The van der Waals surface area contributed by atoms with Crippen molar-refractivity contribution in [3.63, 3.8) is 0 Å². The number of piperidine rings is 1. The van der Waals surface area contributed by atoms with Crippen molar-refractivity contribution in [2.45, 2.75) is 30.5 Å². The molecular weight excluding hydrogens is 335 g/mol. The van der Waals surface area contributed by atoms with E-state index in [9.17, 15) is 9.59 Å². The lowest BCUT2D eigenvalue weighted by atomic mass is 9.94. The zero-order valence-corrected chi connectivity index (χ0v) is 14.5. The number of halogens is 2. The zero-order chi connectivity index (χ0) is 16.7. The van der Waals surface area contributed by atoms with Gasteiger partial charge in [0, 0.05) is 24.7 Å². The van der Waals surface area contributed by atoms with Crippen molar-refractivity contribution in [2.75, 3.05) is 18.4 Å². The number of alkyl halides is 2. The van der Waals surface area contributed by atoms with Crippen LogP contribution in [0.1, 0.15) is 26.2 Å². The Labute approximate surface area is 146 Å². The molecule has 6 heteroatoms. The quantitative estimate of drug-likeness (QED) is 0.845. The fraction of sp³-hybridized carbons (Fsp3) is 0.529. The second-order valence-corrected chi connectivity index (χ2v) is 8.12. The van der Waals surface area contributed by atoms with Gasteiger partial charge in [-0.05, 0) is 38.3 Å². The first-order chi connectivity index (χ1) is 10.8. The summed E-state index contributed by atoms with van der Waals surface area (Å²) in [5.74, 6) is -0.0441. The number of rotatable bonds is 3. The number of nitrogens with zero attached hydrogens (tertiary/aromatic N) is 1. The molecule has 1 aromatic carbocycles. The number of likely N-dealkylation sites (tertiary alicyclic amines) is 1. The molecule has 1 heterocycles. The van der Waals surface area contributed by atoms with E-state index in [0.717, 1.165) is 5.69 Å². The third-order valence-electron chi connectivity index (χ3n) is 4.92. The normalized spacial score (nSPS) is 26.7. The van der Waals surface area contributed by atoms with Gasteiger partial charge in [0.05, 0.1) is 5.41 Å². The third-order valence-corrected chi connectivity index (χ3v) is 6.03. The van der Waals surface area contributed by atoms with E-state index in [1.165, 1.54) is 0 Å². The Kier molecular flexibility index (Phi) is 4.32. The predicted octanol–water partition coefficient (Wildman–Crippen LogP) is 3.45. The van der Waals surface area contributed by atoms with Crippen LogP contribution in [0.25, 0.3) is 0 Å². The highest BCUT2D eigenvalue weighted by atomic mass is 35.5. The highest BCUT2D eigenvalue weighted by Gasteiger charge is 2.68. The second kappa shape index (κ2) is 5.99. The number of anilines is 1. The van der Waals surface area contributed by atoms with Gasteiger partial charge < -0.3 is 10.2 Å². The molecule has 4 nitrogen and oxygen atoms in total. The first-order valence-corrected chi connectivity index (χ1v) is 8.62. The topological polar surface area (TPSA) is 49.4 Å². The zero-order valence-electron chi connectivity index (χ0n) is 13.0. The number of para-hydroxylation sites is 1. The van der Waals surface area contributed by atoms with Crippen LogP contribution in [0.15, 0.2) is 30.3 Å². The average molecular weight is 355 g/mol. The van der Waals surface area contributed by atoms with Crippen LogP contribution in [-0.2, 0) is 9.59 Å². The van der Waals surface area contributed by atoms with Crippen LogP contribution >= 0.6 is 23.2 Å². The van der Waals surface area contributed by atoms with Gasteiger partial charge >= 0.3 is 0 Å². The number of carbonyl (C=O) groups excluding carboxylic acids is 2. The average Bonchev–Trinajstić information content (AvgIpc) is 3.07. The first kappa shape index (κ1) is 16.6. The summed E-state index contributed by atoms with van der Waals surface area (Å²) in [5, 5.41) is 2.93. The standard InChI is InChI=1S/C17H20Cl2N2O2/c1-16(11-17(16,18)19)15(23)21-9-7-12(8-10-21)14(22)20-13-5-3-2-4-6-13/h2-6,12H,7-11H2,1H3,(H,20,22). The van der Waals surface area contributed by atoms with Gasteiger partial charge in [0.2, 0.25) is 11.8 Å². The van der Waals surface area contributed by atoms with Crippen LogP contribution in [0.3, 0.4) is 0 Å². The molecular formula is C17H20Cl2N2O2. The molecule has 1 atom stereocenters. The molecule has 2 fully saturated rings. The Morgan fingerprint density at radius 2 is 1.74 bits per heavy atom. The summed E-state index contributed by atoms with van der Waals surface area (Å²) in [4.78, 5) is 26.6. The lowest BCUT2D eigenvalue weighted by molar-refractivity contribution is -0.139. The summed E-state index contributed by atoms with van der Waals surface area (Å²) in [5.41, 5.74) is 0.130. The Balaban J connectivity index is 1.53. The SMILES string of the molecule is CC1(C(=O)N2CCC(C(=O)Nc3ccccc3)CC2)CC1(Cl)Cl. The largest absolute Gasteiger partial charge is 0.342 e. The van der Waals surface area contributed by atoms with Crippen molar-refractivity contribution in [1.29, 1.82) is 0 Å². The highest BCUT2D eigenvalue weighted by Crippen LogP contribution is 2.64. The van der Waals surface area contributed by atoms with E-state index in [-0.39, 0.29) is 17.7 Å². The molecule has 1 N–H and O–H groups in total. The molecule has 0 spiro atoms. The van der Waals surface area contributed by atoms with E-state index in [2.05, 4.69) is 5.32 Å². The summed E-state index contributed by atoms with van der Waals surface area (Å²) in [7, 11) is 0. The number of nitrogens with one attached hydrogen (secondary N) is 1. The van der Waals surface area contributed by atoms with Gasteiger partial charge in [0.1, 0.15) is 4.33 Å². The second-order valence-electron chi connectivity index (χ2n) is 6.64. The number of carbonyl (C=O) groups is 2. The molecule has 1 saturated heterocycles. The van der Waals surface area contributed by atoms with E-state index in [0.29, 0.717) is 32.4 Å². The van der Waals surface area contributed by atoms with E-state index >= 15 is 0 Å². The fourth-order valence-corrected chi connectivity index (χ4v) is 3.79. The highest BCUT2D eigenvalue weighted by molar-refractivity contribution is 6.53. The number of hydrogen-bond acceptors (Lipinski definition) is 2. The number of benzene rings is 1. The van der Waals surface area contributed by atoms with E-state index in [4.69, 9.17) is 23.2 Å². The van der Waals surface area contributed by atoms with Crippen LogP contribution in [0, 0.1) is 11.3 Å². The van der Waals surface area contributed by atoms with Gasteiger partial charge in [-0.3, -0.25) is 9.59 Å². The molecule has 0 bridgehead atoms. The smallest absolute Gasteiger partial charge is 0.231 e. The summed E-state index contributed by atoms with van der Waals surface area (Å²) in [6.07, 6.45) is 1.83. The van der Waals surface area contributed by atoms with Crippen LogP contribution in [0.5, 0.6) is 0 Å². The Morgan fingerprint density at radius 3 is 2.26 bits per heavy atom. The van der Waals surface area contributed by atoms with Crippen molar-refractivity contribution in [2.24, 2.45) is 11.3 Å². The lowest BCUT2D eigenvalue weighted by Gasteiger charge is -2.33. The molecule has 1 unspecified atom stereocenters. The maximum Gasteiger partial charge on any atom is 0.231 e. The Bertz CT molecular complexity index is 612. The first-order valence-electron chi connectivity index (χ1n) is 7.87. The molecule has 2 amide bonds. The molecule has 0 aromatic heterocycles. The molecule has 23 heavy (non-hydrogen) atoms. The Morgan fingerprint density at radius 1 is 1.17 bits per heavy atom. The Hall–Kier alpha value is -1.26. The third kappa shape index (κ3) is 3.20. The van der Waals surface area contributed by atoms with Crippen molar-refractivity contribution in [3.8, 4) is 0 Å². The molecule has 1 saturated carbocycles. The minimum atomic E-state index is -0.939. The van der Waals surface area contributed by atoms with Gasteiger partial charge in [-0.15, -0.1) is 23.2 Å². The summed E-state index contributed by atoms with van der Waals surface area (Å²) >= 11 is 12.2. The van der Waals surface area contributed by atoms with Crippen molar-refractivity contribution < 1.29 is 9.59 Å². The summed E-state index contributed by atoms with van der Waals surface area (Å²) in [6, 6.07) is 9.41. The van der Waals surface area contributed by atoms with E-state index in [1.54, 1.807) is 4.90 Å². The summed E-state index contributed by atoms with van der Waals surface area (Å²) < 4.78 is -0.939. The predicted molar refractivity (Wildman–Crippen MR) is 91.5 cm³/mol. The molecule has 0 radical (unpaired) electrons. The minimum Gasteiger partial charge on any atom is -0.342 e. The van der Waals surface area contributed by atoms with Gasteiger partial charge in [-0.1, -0.05) is 18.2 Å². The van der Waals surface area contributed by atoms with Crippen molar-refractivity contribution in [1.82, 2.24) is 4.90 Å². The monoisotopic (exact) mass is 354 g/mol. The van der Waals surface area contributed by atoms with Gasteiger partial charge in [0.15, 0.2) is 0 Å². The van der Waals surface area contributed by atoms with Gasteiger partial charge in [-0.25, -0.2) is 0 Å². The molecule has 124 valence electrons. The molecule has 3 rings (SSSR count).